The molecule has 22 heavy (non-hydrogen) atoms. The van der Waals surface area contributed by atoms with E-state index >= 15 is 0 Å². The van der Waals surface area contributed by atoms with Crippen molar-refractivity contribution in [2.45, 2.75) is 6.18 Å². The number of benzene rings is 1. The van der Waals surface area contributed by atoms with Gasteiger partial charge in [0.2, 0.25) is 5.56 Å². The second kappa shape index (κ2) is 5.55. The van der Waals surface area contributed by atoms with Gasteiger partial charge in [-0.3, -0.25) is 4.79 Å². The first-order chi connectivity index (χ1) is 10.2. The molecule has 0 spiro atoms. The molecular formula is C14H10F3NO4. The zero-order valence-electron chi connectivity index (χ0n) is 11.2. The third kappa shape index (κ3) is 2.95. The van der Waals surface area contributed by atoms with Crippen molar-refractivity contribution < 1.29 is 27.8 Å². The fourth-order valence-electron chi connectivity index (χ4n) is 1.97. The number of nitrogens with one attached hydrogen (secondary N) is 1. The van der Waals surface area contributed by atoms with E-state index in [1.165, 1.54) is 7.11 Å². The molecule has 0 saturated carbocycles. The first-order valence-electron chi connectivity index (χ1n) is 5.95. The molecular weight excluding hydrogens is 303 g/mol. The van der Waals surface area contributed by atoms with Crippen LogP contribution in [-0.4, -0.2) is 23.2 Å². The Hall–Kier alpha value is -2.77. The SMILES string of the molecule is COc1ccc(C(F)(F)F)cc1-c1c[nH]c(=O)cc1C(=O)O. The highest BCUT2D eigenvalue weighted by Gasteiger charge is 2.31. The van der Waals surface area contributed by atoms with E-state index in [1.807, 2.05) is 0 Å². The van der Waals surface area contributed by atoms with Crippen molar-refractivity contribution in [3.05, 3.63) is 51.9 Å². The lowest BCUT2D eigenvalue weighted by atomic mass is 9.99. The molecule has 0 unspecified atom stereocenters. The summed E-state index contributed by atoms with van der Waals surface area (Å²) in [7, 11) is 1.25. The van der Waals surface area contributed by atoms with Gasteiger partial charge < -0.3 is 14.8 Å². The lowest BCUT2D eigenvalue weighted by molar-refractivity contribution is -0.137. The average molecular weight is 313 g/mol. The van der Waals surface area contributed by atoms with Crippen LogP contribution in [0.15, 0.2) is 35.3 Å². The van der Waals surface area contributed by atoms with Crippen molar-refractivity contribution in [2.24, 2.45) is 0 Å². The maximum atomic E-state index is 12.8. The molecule has 5 nitrogen and oxygen atoms in total. The Morgan fingerprint density at radius 2 is 1.91 bits per heavy atom. The molecule has 1 aromatic heterocycles. The molecule has 0 aliphatic rings. The van der Waals surface area contributed by atoms with Crippen LogP contribution < -0.4 is 10.3 Å². The minimum Gasteiger partial charge on any atom is -0.496 e. The van der Waals surface area contributed by atoms with Crippen LogP contribution in [0.3, 0.4) is 0 Å². The standard InChI is InChI=1S/C14H10F3NO4/c1-22-11-3-2-7(14(15,16)17)4-8(11)10-6-18-12(19)5-9(10)13(20)21/h2-6H,1H3,(H,18,19)(H,20,21). The maximum Gasteiger partial charge on any atom is 0.416 e. The van der Waals surface area contributed by atoms with Gasteiger partial charge in [0, 0.05) is 23.4 Å². The minimum atomic E-state index is -4.59. The Morgan fingerprint density at radius 3 is 2.45 bits per heavy atom. The van der Waals surface area contributed by atoms with Crippen LogP contribution in [0.5, 0.6) is 5.75 Å². The number of ether oxygens (including phenoxy) is 1. The average Bonchev–Trinajstić information content (AvgIpc) is 2.45. The number of hydrogen-bond acceptors (Lipinski definition) is 3. The van der Waals surface area contributed by atoms with Gasteiger partial charge >= 0.3 is 12.1 Å². The smallest absolute Gasteiger partial charge is 0.416 e. The van der Waals surface area contributed by atoms with Gasteiger partial charge in [-0.1, -0.05) is 0 Å². The van der Waals surface area contributed by atoms with E-state index < -0.39 is 28.8 Å². The topological polar surface area (TPSA) is 79.4 Å². The molecule has 0 saturated heterocycles. The van der Waals surface area contributed by atoms with E-state index in [9.17, 15) is 22.8 Å². The molecule has 1 heterocycles. The number of H-pyrrole nitrogens is 1. The molecule has 1 aromatic carbocycles. The normalized spacial score (nSPS) is 11.3. The predicted molar refractivity (Wildman–Crippen MR) is 71.0 cm³/mol. The molecule has 0 bridgehead atoms. The second-order valence-corrected chi connectivity index (χ2v) is 4.34. The van der Waals surface area contributed by atoms with Crippen molar-refractivity contribution in [3.8, 4) is 16.9 Å². The highest BCUT2D eigenvalue weighted by molar-refractivity contribution is 5.96. The molecule has 116 valence electrons. The van der Waals surface area contributed by atoms with Gasteiger partial charge in [0.25, 0.3) is 0 Å². The summed E-state index contributed by atoms with van der Waals surface area (Å²) < 4.78 is 43.5. The highest BCUT2D eigenvalue weighted by Crippen LogP contribution is 2.37. The summed E-state index contributed by atoms with van der Waals surface area (Å²) in [6, 6.07) is 3.50. The number of aromatic carboxylic acids is 1. The van der Waals surface area contributed by atoms with Crippen LogP contribution in [0.1, 0.15) is 15.9 Å². The molecule has 0 amide bonds. The zero-order valence-corrected chi connectivity index (χ0v) is 11.2. The molecule has 2 aromatic rings. The molecule has 0 aliphatic carbocycles. The molecule has 0 atom stereocenters. The number of methoxy groups -OCH3 is 1. The number of carbonyl (C=O) groups is 1. The van der Waals surface area contributed by atoms with Crippen molar-refractivity contribution in [1.29, 1.82) is 0 Å². The van der Waals surface area contributed by atoms with Crippen molar-refractivity contribution >= 4 is 5.97 Å². The Labute approximate surface area is 122 Å². The second-order valence-electron chi connectivity index (χ2n) is 4.34. The number of carboxylic acid groups (broad SMARTS) is 1. The van der Waals surface area contributed by atoms with Crippen LogP contribution in [-0.2, 0) is 6.18 Å². The molecule has 2 rings (SSSR count). The number of carboxylic acids is 1. The Kier molecular flexibility index (Phi) is 3.94. The lowest BCUT2D eigenvalue weighted by Gasteiger charge is -2.14. The molecule has 0 aliphatic heterocycles. The van der Waals surface area contributed by atoms with E-state index in [0.29, 0.717) is 0 Å². The van der Waals surface area contributed by atoms with Gasteiger partial charge in [0.05, 0.1) is 18.2 Å². The maximum absolute atomic E-state index is 12.8. The van der Waals surface area contributed by atoms with Gasteiger partial charge in [-0.15, -0.1) is 0 Å². The van der Waals surface area contributed by atoms with Crippen molar-refractivity contribution in [1.82, 2.24) is 4.98 Å². The van der Waals surface area contributed by atoms with Gasteiger partial charge in [-0.2, -0.15) is 13.2 Å². The third-order valence-corrected chi connectivity index (χ3v) is 2.97. The van der Waals surface area contributed by atoms with Crippen molar-refractivity contribution in [3.63, 3.8) is 0 Å². The van der Waals surface area contributed by atoms with Crippen LogP contribution in [0.25, 0.3) is 11.1 Å². The van der Waals surface area contributed by atoms with Gasteiger partial charge in [0.1, 0.15) is 5.75 Å². The van der Waals surface area contributed by atoms with Gasteiger partial charge in [-0.05, 0) is 18.2 Å². The zero-order chi connectivity index (χ0) is 16.5. The Bertz CT molecular complexity index is 780. The fraction of sp³-hybridized carbons (Fsp3) is 0.143. The summed E-state index contributed by atoms with van der Waals surface area (Å²) in [5.41, 5.74) is -2.19. The summed E-state index contributed by atoms with van der Waals surface area (Å²) in [4.78, 5) is 24.7. The summed E-state index contributed by atoms with van der Waals surface area (Å²) in [5, 5.41) is 9.13. The summed E-state index contributed by atoms with van der Waals surface area (Å²) in [6.07, 6.45) is -3.55. The largest absolute Gasteiger partial charge is 0.496 e. The van der Waals surface area contributed by atoms with Crippen molar-refractivity contribution in [2.75, 3.05) is 7.11 Å². The van der Waals surface area contributed by atoms with E-state index in [-0.39, 0.29) is 16.9 Å². The number of halogens is 3. The summed E-state index contributed by atoms with van der Waals surface area (Å²) in [6.45, 7) is 0. The summed E-state index contributed by atoms with van der Waals surface area (Å²) >= 11 is 0. The molecule has 0 radical (unpaired) electrons. The number of aromatic amines is 1. The first kappa shape index (κ1) is 15.6. The fourth-order valence-corrected chi connectivity index (χ4v) is 1.97. The number of alkyl halides is 3. The van der Waals surface area contributed by atoms with Crippen LogP contribution in [0.4, 0.5) is 13.2 Å². The molecule has 0 fully saturated rings. The van der Waals surface area contributed by atoms with E-state index in [1.54, 1.807) is 0 Å². The van der Waals surface area contributed by atoms with Crippen LogP contribution in [0.2, 0.25) is 0 Å². The Balaban J connectivity index is 2.76. The van der Waals surface area contributed by atoms with Gasteiger partial charge in [0.15, 0.2) is 0 Å². The highest BCUT2D eigenvalue weighted by atomic mass is 19.4. The molecule has 8 heteroatoms. The number of pyridine rings is 1. The number of aromatic nitrogens is 1. The summed E-state index contributed by atoms with van der Waals surface area (Å²) in [5.74, 6) is -1.37. The Morgan fingerprint density at radius 1 is 1.23 bits per heavy atom. The minimum absolute atomic E-state index is 0.0579. The van der Waals surface area contributed by atoms with E-state index in [0.717, 1.165) is 30.5 Å². The first-order valence-corrected chi connectivity index (χ1v) is 5.95. The quantitative estimate of drug-likeness (QED) is 0.913. The van der Waals surface area contributed by atoms with Gasteiger partial charge in [-0.25, -0.2) is 4.79 Å². The van der Waals surface area contributed by atoms with Crippen LogP contribution in [0, 0.1) is 0 Å². The third-order valence-electron chi connectivity index (χ3n) is 2.97. The lowest BCUT2D eigenvalue weighted by Crippen LogP contribution is -2.11. The van der Waals surface area contributed by atoms with Crippen LogP contribution >= 0.6 is 0 Å². The number of rotatable bonds is 3. The molecule has 2 N–H and O–H groups in total. The van der Waals surface area contributed by atoms with E-state index in [2.05, 4.69) is 4.98 Å². The predicted octanol–water partition coefficient (Wildman–Crippen LogP) is 2.77. The monoisotopic (exact) mass is 313 g/mol. The van der Waals surface area contributed by atoms with E-state index in [4.69, 9.17) is 9.84 Å². The number of hydrogen-bond donors (Lipinski definition) is 2.